The van der Waals surface area contributed by atoms with Crippen LogP contribution in [0.25, 0.3) is 0 Å². The van der Waals surface area contributed by atoms with Crippen molar-refractivity contribution in [3.05, 3.63) is 65.2 Å². The van der Waals surface area contributed by atoms with E-state index in [9.17, 15) is 9.59 Å². The highest BCUT2D eigenvalue weighted by atomic mass is 16.2. The van der Waals surface area contributed by atoms with Gasteiger partial charge < -0.3 is 10.6 Å². The molecule has 136 valence electrons. The molecule has 1 fully saturated rings. The van der Waals surface area contributed by atoms with Crippen LogP contribution in [-0.2, 0) is 4.79 Å². The van der Waals surface area contributed by atoms with Gasteiger partial charge in [0.25, 0.3) is 5.91 Å². The van der Waals surface area contributed by atoms with Gasteiger partial charge in [0.15, 0.2) is 0 Å². The van der Waals surface area contributed by atoms with Gasteiger partial charge in [0.2, 0.25) is 5.91 Å². The minimum Gasteiger partial charge on any atom is -0.347 e. The number of hydrogen-bond acceptors (Lipinski definition) is 2. The molecule has 1 saturated carbocycles. The molecule has 0 unspecified atom stereocenters. The summed E-state index contributed by atoms with van der Waals surface area (Å²) in [6.07, 6.45) is 0.874. The Balaban J connectivity index is 1.70. The van der Waals surface area contributed by atoms with Gasteiger partial charge in [-0.05, 0) is 63.3 Å². The summed E-state index contributed by atoms with van der Waals surface area (Å²) in [6, 6.07) is 15.6. The molecule has 2 aromatic rings. The van der Waals surface area contributed by atoms with Crippen molar-refractivity contribution in [2.75, 3.05) is 5.32 Å². The molecule has 4 heteroatoms. The number of anilines is 1. The Kier molecular flexibility index (Phi) is 4.86. The van der Waals surface area contributed by atoms with E-state index in [0.29, 0.717) is 17.2 Å². The van der Waals surface area contributed by atoms with E-state index in [1.807, 2.05) is 58.0 Å². The van der Waals surface area contributed by atoms with E-state index in [4.69, 9.17) is 0 Å². The third-order valence-corrected chi connectivity index (χ3v) is 4.68. The molecule has 0 bridgehead atoms. The van der Waals surface area contributed by atoms with Crippen molar-refractivity contribution in [1.29, 1.82) is 0 Å². The van der Waals surface area contributed by atoms with Crippen LogP contribution in [-0.4, -0.2) is 17.4 Å². The summed E-state index contributed by atoms with van der Waals surface area (Å²) >= 11 is 0. The van der Waals surface area contributed by atoms with Gasteiger partial charge in [-0.1, -0.05) is 36.4 Å². The van der Waals surface area contributed by atoms with Crippen molar-refractivity contribution in [1.82, 2.24) is 5.32 Å². The second-order valence-corrected chi connectivity index (χ2v) is 8.03. The van der Waals surface area contributed by atoms with Gasteiger partial charge in [-0.25, -0.2) is 0 Å². The zero-order chi connectivity index (χ0) is 18.9. The third-order valence-electron chi connectivity index (χ3n) is 4.68. The predicted octanol–water partition coefficient (Wildman–Crippen LogP) is 4.27. The van der Waals surface area contributed by atoms with Crippen molar-refractivity contribution in [2.24, 2.45) is 5.92 Å². The summed E-state index contributed by atoms with van der Waals surface area (Å²) in [5.41, 5.74) is 2.99. The highest BCUT2D eigenvalue weighted by Gasteiger charge is 2.43. The summed E-state index contributed by atoms with van der Waals surface area (Å²) in [6.45, 7) is 7.71. The maximum absolute atomic E-state index is 12.6. The first-order chi connectivity index (χ1) is 12.3. The summed E-state index contributed by atoms with van der Waals surface area (Å²) in [4.78, 5) is 25.1. The lowest BCUT2D eigenvalue weighted by Crippen LogP contribution is -2.40. The van der Waals surface area contributed by atoms with Crippen LogP contribution in [0.4, 0.5) is 5.69 Å². The van der Waals surface area contributed by atoms with Gasteiger partial charge in [0.05, 0.1) is 0 Å². The standard InChI is InChI=1S/C22H26N2O2/c1-14-16(21(26)24-22(2,3)4)11-8-12-19(14)23-20(25)18-13-17(18)15-9-6-5-7-10-15/h5-12,17-18H,13H2,1-4H3,(H,23,25)(H,24,26)/t17-,18+/m0/s1. The monoisotopic (exact) mass is 350 g/mol. The number of nitrogens with one attached hydrogen (secondary N) is 2. The normalized spacial score (nSPS) is 18.9. The predicted molar refractivity (Wildman–Crippen MR) is 104 cm³/mol. The van der Waals surface area contributed by atoms with E-state index in [0.717, 1.165) is 12.0 Å². The van der Waals surface area contributed by atoms with E-state index >= 15 is 0 Å². The fourth-order valence-corrected chi connectivity index (χ4v) is 3.20. The molecule has 2 amide bonds. The number of hydrogen-bond donors (Lipinski definition) is 2. The van der Waals surface area contributed by atoms with Crippen LogP contribution >= 0.6 is 0 Å². The Morgan fingerprint density at radius 1 is 1.00 bits per heavy atom. The van der Waals surface area contributed by atoms with Crippen LogP contribution in [0.2, 0.25) is 0 Å². The van der Waals surface area contributed by atoms with E-state index in [1.165, 1.54) is 5.56 Å². The molecule has 3 rings (SSSR count). The average molecular weight is 350 g/mol. The lowest BCUT2D eigenvalue weighted by atomic mass is 10.0. The minimum atomic E-state index is -0.306. The van der Waals surface area contributed by atoms with Crippen molar-refractivity contribution in [2.45, 2.75) is 45.6 Å². The maximum atomic E-state index is 12.6. The fourth-order valence-electron chi connectivity index (χ4n) is 3.20. The van der Waals surface area contributed by atoms with E-state index in [1.54, 1.807) is 6.07 Å². The van der Waals surface area contributed by atoms with Crippen molar-refractivity contribution in [3.63, 3.8) is 0 Å². The van der Waals surface area contributed by atoms with Crippen LogP contribution in [0.15, 0.2) is 48.5 Å². The summed E-state index contributed by atoms with van der Waals surface area (Å²) in [5.74, 6) is 0.197. The Labute approximate surface area is 155 Å². The molecule has 2 atom stereocenters. The molecule has 0 aromatic heterocycles. The molecular formula is C22H26N2O2. The molecule has 26 heavy (non-hydrogen) atoms. The topological polar surface area (TPSA) is 58.2 Å². The van der Waals surface area contributed by atoms with Crippen LogP contribution in [0.1, 0.15) is 54.6 Å². The van der Waals surface area contributed by atoms with E-state index in [-0.39, 0.29) is 23.3 Å². The molecule has 0 radical (unpaired) electrons. The van der Waals surface area contributed by atoms with Crippen LogP contribution in [0, 0.1) is 12.8 Å². The van der Waals surface area contributed by atoms with Crippen molar-refractivity contribution < 1.29 is 9.59 Å². The molecule has 1 aliphatic rings. The summed E-state index contributed by atoms with van der Waals surface area (Å²) < 4.78 is 0. The number of amides is 2. The first-order valence-corrected chi connectivity index (χ1v) is 9.04. The molecule has 0 saturated heterocycles. The van der Waals surface area contributed by atoms with Gasteiger partial charge in [-0.3, -0.25) is 9.59 Å². The van der Waals surface area contributed by atoms with Crippen molar-refractivity contribution >= 4 is 17.5 Å². The van der Waals surface area contributed by atoms with Crippen molar-refractivity contribution in [3.8, 4) is 0 Å². The second-order valence-electron chi connectivity index (χ2n) is 8.03. The maximum Gasteiger partial charge on any atom is 0.252 e. The summed E-state index contributed by atoms with van der Waals surface area (Å²) in [5, 5.41) is 5.98. The van der Waals surface area contributed by atoms with Gasteiger partial charge in [-0.2, -0.15) is 0 Å². The molecule has 1 aliphatic carbocycles. The lowest BCUT2D eigenvalue weighted by molar-refractivity contribution is -0.117. The number of carbonyl (C=O) groups is 2. The fraction of sp³-hybridized carbons (Fsp3) is 0.364. The molecule has 2 N–H and O–H groups in total. The lowest BCUT2D eigenvalue weighted by Gasteiger charge is -2.21. The molecule has 4 nitrogen and oxygen atoms in total. The quantitative estimate of drug-likeness (QED) is 0.865. The molecule has 0 spiro atoms. The summed E-state index contributed by atoms with van der Waals surface area (Å²) in [7, 11) is 0. The first-order valence-electron chi connectivity index (χ1n) is 9.04. The van der Waals surface area contributed by atoms with Gasteiger partial charge >= 0.3 is 0 Å². The Hall–Kier alpha value is -2.62. The highest BCUT2D eigenvalue weighted by molar-refractivity contribution is 6.00. The highest BCUT2D eigenvalue weighted by Crippen LogP contribution is 2.48. The van der Waals surface area contributed by atoms with E-state index in [2.05, 4.69) is 22.8 Å². The zero-order valence-electron chi connectivity index (χ0n) is 15.8. The zero-order valence-corrected chi connectivity index (χ0v) is 15.8. The molecule has 0 aliphatic heterocycles. The van der Waals surface area contributed by atoms with Crippen LogP contribution < -0.4 is 10.6 Å². The number of rotatable bonds is 4. The Morgan fingerprint density at radius 2 is 1.69 bits per heavy atom. The molecule has 2 aromatic carbocycles. The Morgan fingerprint density at radius 3 is 2.35 bits per heavy atom. The smallest absolute Gasteiger partial charge is 0.252 e. The number of benzene rings is 2. The average Bonchev–Trinajstić information content (AvgIpc) is 3.36. The second kappa shape index (κ2) is 6.94. The molecule has 0 heterocycles. The van der Waals surface area contributed by atoms with Crippen LogP contribution in [0.3, 0.4) is 0 Å². The minimum absolute atomic E-state index is 0.00357. The third kappa shape index (κ3) is 4.13. The van der Waals surface area contributed by atoms with Gasteiger partial charge in [0, 0.05) is 22.7 Å². The van der Waals surface area contributed by atoms with Crippen LogP contribution in [0.5, 0.6) is 0 Å². The number of carbonyl (C=O) groups excluding carboxylic acids is 2. The molecular weight excluding hydrogens is 324 g/mol. The Bertz CT molecular complexity index is 822. The van der Waals surface area contributed by atoms with Gasteiger partial charge in [-0.15, -0.1) is 0 Å². The van der Waals surface area contributed by atoms with Gasteiger partial charge in [0.1, 0.15) is 0 Å². The first kappa shape index (κ1) is 18.2. The SMILES string of the molecule is Cc1c(NC(=O)[C@@H]2C[C@H]2c2ccccc2)cccc1C(=O)NC(C)(C)C. The largest absolute Gasteiger partial charge is 0.347 e. The van der Waals surface area contributed by atoms with E-state index < -0.39 is 0 Å².